The first-order valence-corrected chi connectivity index (χ1v) is 6.43. The van der Waals surface area contributed by atoms with Crippen molar-refractivity contribution in [3.63, 3.8) is 0 Å². The molecule has 1 N–H and O–H groups in total. The zero-order chi connectivity index (χ0) is 14.4. The van der Waals surface area contributed by atoms with Crippen molar-refractivity contribution in [2.24, 2.45) is 5.10 Å². The Kier molecular flexibility index (Phi) is 4.70. The van der Waals surface area contributed by atoms with Gasteiger partial charge in [0, 0.05) is 12.8 Å². The summed E-state index contributed by atoms with van der Waals surface area (Å²) in [4.78, 5) is 22.2. The van der Waals surface area contributed by atoms with Crippen molar-refractivity contribution in [3.8, 4) is 5.75 Å². The fourth-order valence-corrected chi connectivity index (χ4v) is 1.77. The highest BCUT2D eigenvalue weighted by atomic mass is 16.6. The molecule has 20 heavy (non-hydrogen) atoms. The Labute approximate surface area is 116 Å². The molecule has 0 saturated heterocycles. The third kappa shape index (κ3) is 3.81. The predicted octanol–water partition coefficient (Wildman–Crippen LogP) is 1.24. The number of esters is 1. The lowest BCUT2D eigenvalue weighted by Gasteiger charge is -2.12. The van der Waals surface area contributed by atoms with Crippen LogP contribution in [0.4, 0.5) is 0 Å². The van der Waals surface area contributed by atoms with Crippen LogP contribution in [0, 0.1) is 0 Å². The van der Waals surface area contributed by atoms with Gasteiger partial charge in [0.2, 0.25) is 5.91 Å². The number of rotatable bonds is 5. The van der Waals surface area contributed by atoms with E-state index < -0.39 is 5.97 Å². The highest BCUT2D eigenvalue weighted by molar-refractivity contribution is 6.04. The first-order chi connectivity index (χ1) is 9.69. The molecule has 0 aromatic heterocycles. The van der Waals surface area contributed by atoms with Gasteiger partial charge in [-0.3, -0.25) is 4.79 Å². The second-order valence-electron chi connectivity index (χ2n) is 4.21. The van der Waals surface area contributed by atoms with Gasteiger partial charge in [0.15, 0.2) is 6.61 Å². The van der Waals surface area contributed by atoms with Crippen molar-refractivity contribution in [2.45, 2.75) is 19.8 Å². The lowest BCUT2D eigenvalue weighted by atomic mass is 10.0. The molecule has 1 amide bonds. The van der Waals surface area contributed by atoms with Crippen molar-refractivity contribution in [1.82, 2.24) is 5.43 Å². The molecule has 2 rings (SSSR count). The number of nitrogens with one attached hydrogen (secondary N) is 1. The van der Waals surface area contributed by atoms with E-state index in [4.69, 9.17) is 9.47 Å². The fraction of sp³-hybridized carbons (Fsp3) is 0.357. The van der Waals surface area contributed by atoms with Crippen LogP contribution in [0.15, 0.2) is 29.4 Å². The summed E-state index contributed by atoms with van der Waals surface area (Å²) in [5.74, 6) is 0.126. The van der Waals surface area contributed by atoms with E-state index >= 15 is 0 Å². The summed E-state index contributed by atoms with van der Waals surface area (Å²) in [5.41, 5.74) is 4.22. The molecule has 1 heterocycles. The minimum atomic E-state index is -0.393. The standard InChI is InChI=1S/C14H16N2O4/c1-2-19-14(18)9-20-11-5-3-10(4-6-11)12-7-8-13(17)16-15-12/h3-6H,2,7-9H2,1H3,(H,16,17). The average molecular weight is 276 g/mol. The molecule has 1 aliphatic rings. The van der Waals surface area contributed by atoms with Gasteiger partial charge in [-0.25, -0.2) is 10.2 Å². The van der Waals surface area contributed by atoms with Crippen molar-refractivity contribution < 1.29 is 19.1 Å². The molecule has 0 radical (unpaired) electrons. The largest absolute Gasteiger partial charge is 0.482 e. The van der Waals surface area contributed by atoms with Gasteiger partial charge in [-0.1, -0.05) is 0 Å². The molecule has 1 aliphatic heterocycles. The highest BCUT2D eigenvalue weighted by Gasteiger charge is 2.13. The van der Waals surface area contributed by atoms with Crippen molar-refractivity contribution in [2.75, 3.05) is 13.2 Å². The number of benzene rings is 1. The van der Waals surface area contributed by atoms with Gasteiger partial charge in [-0.05, 0) is 36.8 Å². The molecular formula is C14H16N2O4. The second-order valence-corrected chi connectivity index (χ2v) is 4.21. The summed E-state index contributed by atoms with van der Waals surface area (Å²) in [6, 6.07) is 7.20. The second kappa shape index (κ2) is 6.70. The Bertz CT molecular complexity index is 522. The molecule has 1 aromatic carbocycles. The van der Waals surface area contributed by atoms with Crippen LogP contribution in [-0.4, -0.2) is 30.8 Å². The zero-order valence-electron chi connectivity index (χ0n) is 11.2. The molecular weight excluding hydrogens is 260 g/mol. The maximum absolute atomic E-state index is 11.2. The van der Waals surface area contributed by atoms with Crippen molar-refractivity contribution in [1.29, 1.82) is 0 Å². The van der Waals surface area contributed by atoms with Gasteiger partial charge in [-0.15, -0.1) is 0 Å². The lowest BCUT2D eigenvalue weighted by Crippen LogP contribution is -2.25. The molecule has 0 aliphatic carbocycles. The number of hydrogen-bond acceptors (Lipinski definition) is 5. The van der Waals surface area contributed by atoms with E-state index in [2.05, 4.69) is 10.5 Å². The number of carbonyl (C=O) groups excluding carboxylic acids is 2. The summed E-state index contributed by atoms with van der Waals surface area (Å²) < 4.78 is 10.1. The van der Waals surface area contributed by atoms with Gasteiger partial charge in [-0.2, -0.15) is 5.10 Å². The van der Waals surface area contributed by atoms with E-state index in [9.17, 15) is 9.59 Å². The third-order valence-electron chi connectivity index (χ3n) is 2.75. The summed E-state index contributed by atoms with van der Waals surface area (Å²) in [6.07, 6.45) is 1.06. The molecule has 0 fully saturated rings. The smallest absolute Gasteiger partial charge is 0.344 e. The van der Waals surface area contributed by atoms with E-state index in [0.717, 1.165) is 11.3 Å². The van der Waals surface area contributed by atoms with Crippen LogP contribution >= 0.6 is 0 Å². The van der Waals surface area contributed by atoms with Crippen LogP contribution in [-0.2, 0) is 14.3 Å². The van der Waals surface area contributed by atoms with Crippen LogP contribution in [0.2, 0.25) is 0 Å². The Balaban J connectivity index is 1.93. The molecule has 0 spiro atoms. The van der Waals surface area contributed by atoms with Gasteiger partial charge < -0.3 is 9.47 Å². The minimum Gasteiger partial charge on any atom is -0.482 e. The zero-order valence-corrected chi connectivity index (χ0v) is 11.2. The van der Waals surface area contributed by atoms with Gasteiger partial charge in [0.1, 0.15) is 5.75 Å². The number of hydrazone groups is 1. The number of carbonyl (C=O) groups is 2. The SMILES string of the molecule is CCOC(=O)COc1ccc(C2=NNC(=O)CC2)cc1. The fourth-order valence-electron chi connectivity index (χ4n) is 1.77. The van der Waals surface area contributed by atoms with E-state index in [1.54, 1.807) is 19.1 Å². The van der Waals surface area contributed by atoms with Crippen LogP contribution in [0.1, 0.15) is 25.3 Å². The van der Waals surface area contributed by atoms with Gasteiger partial charge in [0.25, 0.3) is 0 Å². The number of hydrogen-bond donors (Lipinski definition) is 1. The van der Waals surface area contributed by atoms with E-state index in [0.29, 0.717) is 25.2 Å². The van der Waals surface area contributed by atoms with Crippen LogP contribution in [0.5, 0.6) is 5.75 Å². The molecule has 1 aromatic rings. The van der Waals surface area contributed by atoms with E-state index in [1.807, 2.05) is 12.1 Å². The van der Waals surface area contributed by atoms with Crippen LogP contribution in [0.25, 0.3) is 0 Å². The summed E-state index contributed by atoms with van der Waals surface area (Å²) in [6.45, 7) is 1.98. The molecule has 6 nitrogen and oxygen atoms in total. The van der Waals surface area contributed by atoms with Crippen LogP contribution < -0.4 is 10.2 Å². The Morgan fingerprint density at radius 1 is 1.30 bits per heavy atom. The number of amides is 1. The minimum absolute atomic E-state index is 0.0665. The average Bonchev–Trinajstić information content (AvgIpc) is 2.47. The highest BCUT2D eigenvalue weighted by Crippen LogP contribution is 2.15. The van der Waals surface area contributed by atoms with E-state index in [-0.39, 0.29) is 12.5 Å². The van der Waals surface area contributed by atoms with E-state index in [1.165, 1.54) is 0 Å². The molecule has 106 valence electrons. The molecule has 0 unspecified atom stereocenters. The lowest BCUT2D eigenvalue weighted by molar-refractivity contribution is -0.145. The van der Waals surface area contributed by atoms with Gasteiger partial charge >= 0.3 is 5.97 Å². The Hall–Kier alpha value is -2.37. The first-order valence-electron chi connectivity index (χ1n) is 6.43. The number of nitrogens with zero attached hydrogens (tertiary/aromatic N) is 1. The maximum Gasteiger partial charge on any atom is 0.344 e. The third-order valence-corrected chi connectivity index (χ3v) is 2.75. The predicted molar refractivity (Wildman–Crippen MR) is 72.5 cm³/mol. The first kappa shape index (κ1) is 14.0. The monoisotopic (exact) mass is 276 g/mol. The molecule has 0 bridgehead atoms. The van der Waals surface area contributed by atoms with Crippen molar-refractivity contribution >= 4 is 17.6 Å². The van der Waals surface area contributed by atoms with Gasteiger partial charge in [0.05, 0.1) is 12.3 Å². The normalized spacial score (nSPS) is 14.2. The van der Waals surface area contributed by atoms with Crippen molar-refractivity contribution in [3.05, 3.63) is 29.8 Å². The maximum atomic E-state index is 11.2. The summed E-state index contributed by atoms with van der Waals surface area (Å²) in [7, 11) is 0. The number of ether oxygens (including phenoxy) is 2. The summed E-state index contributed by atoms with van der Waals surface area (Å²) in [5, 5.41) is 4.01. The Morgan fingerprint density at radius 3 is 2.65 bits per heavy atom. The quantitative estimate of drug-likeness (QED) is 0.821. The van der Waals surface area contributed by atoms with Crippen LogP contribution in [0.3, 0.4) is 0 Å². The topological polar surface area (TPSA) is 77.0 Å². The molecule has 0 atom stereocenters. The summed E-state index contributed by atoms with van der Waals surface area (Å²) >= 11 is 0. The molecule has 0 saturated carbocycles. The Morgan fingerprint density at radius 2 is 2.05 bits per heavy atom. The molecule has 6 heteroatoms.